The van der Waals surface area contributed by atoms with Crippen molar-refractivity contribution in [3.05, 3.63) is 36.5 Å². The Morgan fingerprint density at radius 3 is 1.34 bits per heavy atom. The minimum Gasteiger partial charge on any atom is -0.309 e. The average molecular weight is 684 g/mol. The standard InChI is InChI=1S/C40H79NO3S.C2H6/c1-8-11-14-17-20-23-27-32-37-42-45(38-33-28-26-31-36-41(6)7,43-39(4)34-29-24-21-18-15-12-9-2)44-40(5)35-30-25-22-19-16-13-10-3;1-2/h20-25,39-40H,8-19,26-38H2,1-7H3;1-2H3/b23-20-,24-21-,25-22-;/t39-,40-;/m0./s1. The third kappa shape index (κ3) is 35.1. The fourth-order valence-corrected chi connectivity index (χ4v) is 7.77. The van der Waals surface area contributed by atoms with Gasteiger partial charge in [-0.1, -0.05) is 122 Å². The molecule has 0 fully saturated rings. The van der Waals surface area contributed by atoms with E-state index >= 15 is 0 Å². The summed E-state index contributed by atoms with van der Waals surface area (Å²) >= 11 is 0. The lowest BCUT2D eigenvalue weighted by Crippen LogP contribution is -2.25. The van der Waals surface area contributed by atoms with Crippen molar-refractivity contribution in [1.29, 1.82) is 0 Å². The van der Waals surface area contributed by atoms with E-state index in [1.165, 1.54) is 96.3 Å². The van der Waals surface area contributed by atoms with Gasteiger partial charge in [-0.25, -0.2) is 0 Å². The molecule has 0 aromatic rings. The van der Waals surface area contributed by atoms with Crippen molar-refractivity contribution >= 4 is 10.9 Å². The molecule has 2 atom stereocenters. The normalized spacial score (nSPS) is 14.0. The molecule has 282 valence electrons. The van der Waals surface area contributed by atoms with E-state index in [2.05, 4.69) is 90.1 Å². The zero-order valence-electron chi connectivity index (χ0n) is 33.4. The fourth-order valence-electron chi connectivity index (χ4n) is 5.18. The van der Waals surface area contributed by atoms with Crippen LogP contribution in [-0.2, 0) is 12.5 Å². The van der Waals surface area contributed by atoms with Crippen LogP contribution in [0, 0.1) is 0 Å². The largest absolute Gasteiger partial charge is 0.309 e. The minimum absolute atomic E-state index is 0.109. The summed E-state index contributed by atoms with van der Waals surface area (Å²) in [6.07, 6.45) is 40.5. The number of rotatable bonds is 34. The SMILES string of the molecule is CC.CCCCC/C=C\CCCOS(CCCCCCN(C)C)(O[C@@H](C)CC/C=C\CCCCC)O[C@@H](C)CC/C=C\CCCCC. The van der Waals surface area contributed by atoms with Gasteiger partial charge in [0, 0.05) is 5.75 Å². The number of unbranched alkanes of at least 4 members (excludes halogenated alkanes) is 13. The first-order valence-corrected chi connectivity index (χ1v) is 21.9. The van der Waals surface area contributed by atoms with Crippen molar-refractivity contribution in [3.8, 4) is 0 Å². The summed E-state index contributed by atoms with van der Waals surface area (Å²) in [6, 6.07) is 0. The van der Waals surface area contributed by atoms with E-state index < -0.39 is 10.9 Å². The van der Waals surface area contributed by atoms with E-state index in [4.69, 9.17) is 12.5 Å². The molecule has 0 amide bonds. The molecule has 5 heteroatoms. The van der Waals surface area contributed by atoms with Crippen molar-refractivity contribution in [2.24, 2.45) is 0 Å². The van der Waals surface area contributed by atoms with Crippen molar-refractivity contribution in [1.82, 2.24) is 4.90 Å². The van der Waals surface area contributed by atoms with Crippen molar-refractivity contribution in [3.63, 3.8) is 0 Å². The summed E-state index contributed by atoms with van der Waals surface area (Å²) in [5.41, 5.74) is 0. The Hall–Kier alpha value is -0.590. The lowest BCUT2D eigenvalue weighted by Gasteiger charge is -2.41. The molecule has 0 saturated carbocycles. The fraction of sp³-hybridized carbons (Fsp3) is 0.857. The highest BCUT2D eigenvalue weighted by Gasteiger charge is 2.31. The van der Waals surface area contributed by atoms with Crippen molar-refractivity contribution < 1.29 is 12.5 Å². The van der Waals surface area contributed by atoms with Gasteiger partial charge >= 0.3 is 0 Å². The van der Waals surface area contributed by atoms with Crippen LogP contribution in [0.25, 0.3) is 0 Å². The average Bonchev–Trinajstić information content (AvgIpc) is 3.05. The first-order chi connectivity index (χ1) is 22.9. The molecule has 0 aliphatic rings. The zero-order valence-corrected chi connectivity index (χ0v) is 34.2. The second kappa shape index (κ2) is 38.2. The molecule has 0 heterocycles. The van der Waals surface area contributed by atoms with Gasteiger partial charge in [-0.3, -0.25) is 12.5 Å². The van der Waals surface area contributed by atoms with Crippen LogP contribution in [0.3, 0.4) is 0 Å². The van der Waals surface area contributed by atoms with E-state index in [0.717, 1.165) is 57.2 Å². The number of hydrogen-bond acceptors (Lipinski definition) is 4. The molecule has 47 heavy (non-hydrogen) atoms. The Morgan fingerprint density at radius 2 is 0.915 bits per heavy atom. The molecule has 0 unspecified atom stereocenters. The van der Waals surface area contributed by atoms with Crippen LogP contribution in [0.2, 0.25) is 0 Å². The Kier molecular flexibility index (Phi) is 39.5. The molecule has 0 aliphatic heterocycles. The first kappa shape index (κ1) is 48.5. The van der Waals surface area contributed by atoms with Crippen LogP contribution in [0.5, 0.6) is 0 Å². The van der Waals surface area contributed by atoms with Crippen LogP contribution in [-0.4, -0.2) is 50.1 Å². The van der Waals surface area contributed by atoms with Crippen LogP contribution in [0.4, 0.5) is 0 Å². The van der Waals surface area contributed by atoms with E-state index in [1.54, 1.807) is 0 Å². The lowest BCUT2D eigenvalue weighted by atomic mass is 10.1. The van der Waals surface area contributed by atoms with Gasteiger partial charge in [0.25, 0.3) is 0 Å². The predicted molar refractivity (Wildman–Crippen MR) is 215 cm³/mol. The minimum atomic E-state index is -2.10. The van der Waals surface area contributed by atoms with Crippen molar-refractivity contribution in [2.75, 3.05) is 33.0 Å². The molecule has 0 aromatic heterocycles. The molecule has 0 N–H and O–H groups in total. The van der Waals surface area contributed by atoms with Crippen LogP contribution >= 0.6 is 10.9 Å². The maximum Gasteiger partial charge on any atom is 0.0892 e. The molecular weight excluding hydrogens is 599 g/mol. The third-order valence-electron chi connectivity index (χ3n) is 8.05. The van der Waals surface area contributed by atoms with Crippen LogP contribution < -0.4 is 0 Å². The van der Waals surface area contributed by atoms with E-state index in [1.807, 2.05) is 13.8 Å². The number of allylic oxidation sites excluding steroid dienone is 6. The Labute approximate surface area is 298 Å². The summed E-state index contributed by atoms with van der Waals surface area (Å²) in [5, 5.41) is 0. The first-order valence-electron chi connectivity index (χ1n) is 20.3. The molecular formula is C42H85NO3S. The molecule has 0 bridgehead atoms. The molecule has 0 rings (SSSR count). The highest BCUT2D eigenvalue weighted by Crippen LogP contribution is 2.55. The van der Waals surface area contributed by atoms with Gasteiger partial charge in [-0.2, -0.15) is 0 Å². The number of nitrogens with zero attached hydrogens (tertiary/aromatic N) is 1. The van der Waals surface area contributed by atoms with Gasteiger partial charge in [0.15, 0.2) is 0 Å². The Morgan fingerprint density at radius 1 is 0.511 bits per heavy atom. The second-order valence-corrected chi connectivity index (χ2v) is 15.5. The molecule has 0 aromatic carbocycles. The van der Waals surface area contributed by atoms with Gasteiger partial charge < -0.3 is 4.90 Å². The van der Waals surface area contributed by atoms with Crippen molar-refractivity contribution in [2.45, 2.75) is 202 Å². The van der Waals surface area contributed by atoms with Crippen LogP contribution in [0.1, 0.15) is 190 Å². The summed E-state index contributed by atoms with van der Waals surface area (Å²) in [7, 11) is 2.23. The van der Waals surface area contributed by atoms with Crippen LogP contribution in [0.15, 0.2) is 36.5 Å². The highest BCUT2D eigenvalue weighted by molar-refractivity contribution is 8.21. The smallest absolute Gasteiger partial charge is 0.0892 e. The quantitative estimate of drug-likeness (QED) is 0.0499. The summed E-state index contributed by atoms with van der Waals surface area (Å²) in [4.78, 5) is 2.28. The molecule has 0 radical (unpaired) electrons. The highest BCUT2D eigenvalue weighted by atomic mass is 32.3. The van der Waals surface area contributed by atoms with E-state index in [0.29, 0.717) is 6.61 Å². The molecule has 4 nitrogen and oxygen atoms in total. The van der Waals surface area contributed by atoms with Gasteiger partial charge in [0.1, 0.15) is 0 Å². The Balaban J connectivity index is 0. The zero-order chi connectivity index (χ0) is 35.3. The molecule has 0 aliphatic carbocycles. The van der Waals surface area contributed by atoms with E-state index in [9.17, 15) is 0 Å². The van der Waals surface area contributed by atoms with Gasteiger partial charge in [-0.05, 0) is 124 Å². The summed E-state index contributed by atoms with van der Waals surface area (Å²) in [5.74, 6) is 0.871. The molecule has 0 spiro atoms. The van der Waals surface area contributed by atoms with E-state index in [-0.39, 0.29) is 12.2 Å². The maximum atomic E-state index is 6.90. The van der Waals surface area contributed by atoms with Gasteiger partial charge in [0.05, 0.1) is 29.7 Å². The second-order valence-electron chi connectivity index (χ2n) is 13.3. The monoisotopic (exact) mass is 684 g/mol. The summed E-state index contributed by atoms with van der Waals surface area (Å²) in [6.45, 7) is 17.1. The van der Waals surface area contributed by atoms with Gasteiger partial charge in [-0.15, -0.1) is 0 Å². The summed E-state index contributed by atoms with van der Waals surface area (Å²) < 4.78 is 20.6. The maximum absolute atomic E-state index is 6.90. The topological polar surface area (TPSA) is 30.9 Å². The third-order valence-corrected chi connectivity index (χ3v) is 10.6. The predicted octanol–water partition coefficient (Wildman–Crippen LogP) is 14.3. The number of hydrogen-bond donors (Lipinski definition) is 0. The van der Waals surface area contributed by atoms with Gasteiger partial charge in [0.2, 0.25) is 0 Å². The lowest BCUT2D eigenvalue weighted by molar-refractivity contribution is 0.103. The molecule has 0 saturated heterocycles. The Bertz CT molecular complexity index is 661.